The predicted octanol–water partition coefficient (Wildman–Crippen LogP) is 4.55. The van der Waals surface area contributed by atoms with Gasteiger partial charge in [-0.05, 0) is 50.1 Å². The fourth-order valence-electron chi connectivity index (χ4n) is 2.65. The Balaban J connectivity index is 1.65. The number of hydrogen-bond acceptors (Lipinski definition) is 7. The van der Waals surface area contributed by atoms with E-state index in [1.54, 1.807) is 17.4 Å². The van der Waals surface area contributed by atoms with Crippen LogP contribution in [0.4, 0.5) is 5.13 Å². The molecule has 6 nitrogen and oxygen atoms in total. The van der Waals surface area contributed by atoms with Crippen LogP contribution in [0.5, 0.6) is 0 Å². The molecule has 1 amide bonds. The van der Waals surface area contributed by atoms with Crippen molar-refractivity contribution in [3.05, 3.63) is 62.3 Å². The quantitative estimate of drug-likeness (QED) is 0.548. The van der Waals surface area contributed by atoms with Crippen molar-refractivity contribution in [3.63, 3.8) is 0 Å². The molecule has 0 unspecified atom stereocenters. The minimum absolute atomic E-state index is 0.0510. The molecule has 3 heterocycles. The van der Waals surface area contributed by atoms with E-state index in [1.807, 2.05) is 39.0 Å². The smallest absolute Gasteiger partial charge is 0.293 e. The number of hydrogen-bond donors (Lipinski definition) is 1. The summed E-state index contributed by atoms with van der Waals surface area (Å²) in [5, 5.41) is 3.47. The van der Waals surface area contributed by atoms with Gasteiger partial charge in [0.05, 0.1) is 10.3 Å². The maximum atomic E-state index is 12.6. The molecule has 8 heteroatoms. The standard InChI is InChI=1S/C19H15N3O3S2/c1-9-4-6-12-13(23)8-14(25-16(12)11(9)3)18(24)21-19-20-17(22-27-19)15-7-5-10(2)26-15/h4-8H,1-3H3,(H,20,21,22,24). The van der Waals surface area contributed by atoms with E-state index >= 15 is 0 Å². The van der Waals surface area contributed by atoms with Crippen molar-refractivity contribution in [1.29, 1.82) is 0 Å². The summed E-state index contributed by atoms with van der Waals surface area (Å²) in [6.45, 7) is 5.80. The van der Waals surface area contributed by atoms with Gasteiger partial charge in [-0.3, -0.25) is 14.9 Å². The van der Waals surface area contributed by atoms with Gasteiger partial charge in [0.2, 0.25) is 5.13 Å². The molecule has 136 valence electrons. The molecule has 0 bridgehead atoms. The molecule has 0 fully saturated rings. The first-order chi connectivity index (χ1) is 12.9. The number of carbonyl (C=O) groups excluding carboxylic acids is 1. The third-order valence-corrected chi connectivity index (χ3v) is 5.87. The number of carbonyl (C=O) groups is 1. The highest BCUT2D eigenvalue weighted by Gasteiger charge is 2.17. The van der Waals surface area contributed by atoms with Gasteiger partial charge in [0.25, 0.3) is 5.91 Å². The van der Waals surface area contributed by atoms with Crippen LogP contribution in [0.1, 0.15) is 26.6 Å². The van der Waals surface area contributed by atoms with Gasteiger partial charge < -0.3 is 4.42 Å². The summed E-state index contributed by atoms with van der Waals surface area (Å²) in [5.41, 5.74) is 2.00. The van der Waals surface area contributed by atoms with E-state index in [1.165, 1.54) is 6.07 Å². The van der Waals surface area contributed by atoms with E-state index in [2.05, 4.69) is 14.7 Å². The minimum atomic E-state index is -0.528. The van der Waals surface area contributed by atoms with Crippen LogP contribution in [0.25, 0.3) is 21.7 Å². The van der Waals surface area contributed by atoms with Crippen LogP contribution in [0.2, 0.25) is 0 Å². The first-order valence-electron chi connectivity index (χ1n) is 8.18. The molecule has 1 aromatic carbocycles. The molecule has 0 aliphatic rings. The molecule has 3 aromatic heterocycles. The highest BCUT2D eigenvalue weighted by molar-refractivity contribution is 7.15. The number of amides is 1. The van der Waals surface area contributed by atoms with Crippen LogP contribution in [-0.2, 0) is 0 Å². The number of anilines is 1. The Morgan fingerprint density at radius 2 is 1.96 bits per heavy atom. The van der Waals surface area contributed by atoms with Crippen LogP contribution in [0.15, 0.2) is 39.5 Å². The maximum Gasteiger partial charge on any atom is 0.293 e. The summed E-state index contributed by atoms with van der Waals surface area (Å²) < 4.78 is 10.0. The van der Waals surface area contributed by atoms with Gasteiger partial charge in [-0.1, -0.05) is 6.07 Å². The number of thiophene rings is 1. The van der Waals surface area contributed by atoms with Crippen LogP contribution in [0, 0.1) is 20.8 Å². The maximum absolute atomic E-state index is 12.6. The Bertz CT molecular complexity index is 1240. The monoisotopic (exact) mass is 397 g/mol. The average molecular weight is 397 g/mol. The van der Waals surface area contributed by atoms with E-state index in [4.69, 9.17) is 4.42 Å². The van der Waals surface area contributed by atoms with Crippen molar-refractivity contribution < 1.29 is 9.21 Å². The number of rotatable bonds is 3. The van der Waals surface area contributed by atoms with Gasteiger partial charge in [-0.15, -0.1) is 11.3 Å². The Morgan fingerprint density at radius 3 is 2.70 bits per heavy atom. The van der Waals surface area contributed by atoms with Crippen molar-refractivity contribution in [2.24, 2.45) is 0 Å². The van der Waals surface area contributed by atoms with Crippen molar-refractivity contribution in [3.8, 4) is 10.7 Å². The summed E-state index contributed by atoms with van der Waals surface area (Å²) in [6.07, 6.45) is 0. The average Bonchev–Trinajstić information content (AvgIpc) is 3.27. The van der Waals surface area contributed by atoms with Gasteiger partial charge in [0.15, 0.2) is 17.0 Å². The number of aryl methyl sites for hydroxylation is 3. The topological polar surface area (TPSA) is 85.1 Å². The zero-order valence-electron chi connectivity index (χ0n) is 14.8. The Morgan fingerprint density at radius 1 is 1.15 bits per heavy atom. The molecular formula is C19H15N3O3S2. The van der Waals surface area contributed by atoms with Gasteiger partial charge in [0, 0.05) is 22.5 Å². The zero-order chi connectivity index (χ0) is 19.1. The largest absolute Gasteiger partial charge is 0.450 e. The number of fused-ring (bicyclic) bond motifs is 1. The van der Waals surface area contributed by atoms with Gasteiger partial charge >= 0.3 is 0 Å². The molecule has 0 aliphatic heterocycles. The molecular weight excluding hydrogens is 382 g/mol. The molecule has 0 saturated heterocycles. The molecule has 0 aliphatic carbocycles. The van der Waals surface area contributed by atoms with Crippen molar-refractivity contribution in [1.82, 2.24) is 9.36 Å². The Kier molecular flexibility index (Phi) is 4.37. The first kappa shape index (κ1) is 17.6. The molecule has 0 spiro atoms. The molecule has 27 heavy (non-hydrogen) atoms. The van der Waals surface area contributed by atoms with Crippen LogP contribution < -0.4 is 10.7 Å². The fourth-order valence-corrected chi connectivity index (χ4v) is 4.09. The molecule has 4 rings (SSSR count). The molecule has 1 N–H and O–H groups in total. The molecule has 0 saturated carbocycles. The second-order valence-electron chi connectivity index (χ2n) is 6.15. The second kappa shape index (κ2) is 6.71. The normalized spacial score (nSPS) is 11.1. The summed E-state index contributed by atoms with van der Waals surface area (Å²) in [5.74, 6) is -0.00952. The van der Waals surface area contributed by atoms with E-state index in [0.717, 1.165) is 32.4 Å². The number of benzene rings is 1. The number of nitrogens with zero attached hydrogens (tertiary/aromatic N) is 2. The van der Waals surface area contributed by atoms with Crippen molar-refractivity contribution >= 4 is 44.9 Å². The number of nitrogens with one attached hydrogen (secondary N) is 1. The molecule has 0 radical (unpaired) electrons. The lowest BCUT2D eigenvalue weighted by Crippen LogP contribution is -2.15. The van der Waals surface area contributed by atoms with E-state index in [0.29, 0.717) is 21.9 Å². The lowest BCUT2D eigenvalue weighted by atomic mass is 10.1. The lowest BCUT2D eigenvalue weighted by molar-refractivity contribution is 0.0997. The van der Waals surface area contributed by atoms with Crippen molar-refractivity contribution in [2.75, 3.05) is 5.32 Å². The highest BCUT2D eigenvalue weighted by atomic mass is 32.1. The summed E-state index contributed by atoms with van der Waals surface area (Å²) in [4.78, 5) is 31.3. The lowest BCUT2D eigenvalue weighted by Gasteiger charge is -2.06. The second-order valence-corrected chi connectivity index (χ2v) is 8.19. The summed E-state index contributed by atoms with van der Waals surface area (Å²) in [7, 11) is 0. The number of aromatic nitrogens is 2. The van der Waals surface area contributed by atoms with E-state index in [-0.39, 0.29) is 11.2 Å². The van der Waals surface area contributed by atoms with Gasteiger partial charge in [-0.25, -0.2) is 0 Å². The first-order valence-corrected chi connectivity index (χ1v) is 9.77. The minimum Gasteiger partial charge on any atom is -0.450 e. The Hall–Kier alpha value is -2.84. The third kappa shape index (κ3) is 3.29. The Labute approximate surface area is 162 Å². The predicted molar refractivity (Wildman–Crippen MR) is 108 cm³/mol. The molecule has 0 atom stereocenters. The third-order valence-electron chi connectivity index (χ3n) is 4.25. The molecule has 4 aromatic rings. The van der Waals surface area contributed by atoms with Crippen LogP contribution >= 0.6 is 22.9 Å². The van der Waals surface area contributed by atoms with Crippen LogP contribution in [0.3, 0.4) is 0 Å². The fraction of sp³-hybridized carbons (Fsp3) is 0.158. The van der Waals surface area contributed by atoms with E-state index < -0.39 is 5.91 Å². The van der Waals surface area contributed by atoms with Gasteiger partial charge in [-0.2, -0.15) is 9.36 Å². The van der Waals surface area contributed by atoms with Crippen LogP contribution in [-0.4, -0.2) is 15.3 Å². The summed E-state index contributed by atoms with van der Waals surface area (Å²) >= 11 is 2.67. The SMILES string of the molecule is Cc1ccc(-c2nsc(NC(=O)c3cc(=O)c4ccc(C)c(C)c4o3)n2)s1. The van der Waals surface area contributed by atoms with Gasteiger partial charge in [0.1, 0.15) is 5.58 Å². The van der Waals surface area contributed by atoms with Crippen molar-refractivity contribution in [2.45, 2.75) is 20.8 Å². The highest BCUT2D eigenvalue weighted by Crippen LogP contribution is 2.28. The van der Waals surface area contributed by atoms with E-state index in [9.17, 15) is 9.59 Å². The zero-order valence-corrected chi connectivity index (χ0v) is 16.5. The summed E-state index contributed by atoms with van der Waals surface area (Å²) in [6, 6.07) is 8.72.